The van der Waals surface area contributed by atoms with E-state index in [9.17, 15) is 0 Å². The average molecular weight is 292 g/mol. The molecule has 1 atom stereocenters. The molecule has 2 heterocycles. The molecule has 1 aromatic heterocycles. The van der Waals surface area contributed by atoms with Crippen molar-refractivity contribution in [1.29, 1.82) is 0 Å². The molecular weight excluding hydrogens is 260 g/mol. The van der Waals surface area contributed by atoms with Crippen molar-refractivity contribution >= 4 is 0 Å². The Kier molecular flexibility index (Phi) is 6.31. The van der Waals surface area contributed by atoms with Crippen molar-refractivity contribution in [2.75, 3.05) is 19.6 Å². The monoisotopic (exact) mass is 292 g/mol. The number of nitrogens with zero attached hydrogens (tertiary/aromatic N) is 1. The lowest BCUT2D eigenvalue weighted by atomic mass is 9.89. The second-order valence-corrected chi connectivity index (χ2v) is 6.79. The van der Waals surface area contributed by atoms with Gasteiger partial charge in [0.25, 0.3) is 0 Å². The first-order valence-corrected chi connectivity index (χ1v) is 8.61. The molecule has 21 heavy (non-hydrogen) atoms. The van der Waals surface area contributed by atoms with Gasteiger partial charge in [-0.2, -0.15) is 0 Å². The van der Waals surface area contributed by atoms with Gasteiger partial charge in [0.1, 0.15) is 11.5 Å². The average Bonchev–Trinajstić information content (AvgIpc) is 2.65. The minimum atomic E-state index is 0.826. The summed E-state index contributed by atoms with van der Waals surface area (Å²) >= 11 is 0. The van der Waals surface area contributed by atoms with Crippen LogP contribution in [-0.2, 0) is 13.1 Å². The standard InChI is InChI=1S/C18H32N2O/c1-5-19-12-18-11-17(15(4)21-18)13-20-9-6-7-16(8-10-20)14(2)3/h11,14,16,19H,5-10,12-13H2,1-4H3. The highest BCUT2D eigenvalue weighted by Crippen LogP contribution is 2.26. The van der Waals surface area contributed by atoms with Gasteiger partial charge < -0.3 is 9.73 Å². The topological polar surface area (TPSA) is 28.4 Å². The summed E-state index contributed by atoms with van der Waals surface area (Å²) in [4.78, 5) is 2.61. The summed E-state index contributed by atoms with van der Waals surface area (Å²) in [6.07, 6.45) is 4.08. The van der Waals surface area contributed by atoms with Gasteiger partial charge >= 0.3 is 0 Å². The van der Waals surface area contributed by atoms with Crippen LogP contribution in [0.5, 0.6) is 0 Å². The van der Waals surface area contributed by atoms with Gasteiger partial charge in [0.2, 0.25) is 0 Å². The Morgan fingerprint density at radius 1 is 1.33 bits per heavy atom. The molecule has 0 aromatic carbocycles. The molecule has 1 aromatic rings. The Morgan fingerprint density at radius 2 is 2.14 bits per heavy atom. The van der Waals surface area contributed by atoms with E-state index < -0.39 is 0 Å². The molecule has 3 heteroatoms. The van der Waals surface area contributed by atoms with Gasteiger partial charge in [-0.05, 0) is 63.7 Å². The predicted molar refractivity (Wildman–Crippen MR) is 88.3 cm³/mol. The van der Waals surface area contributed by atoms with Crippen LogP contribution >= 0.6 is 0 Å². The van der Waals surface area contributed by atoms with Crippen LogP contribution in [0.1, 0.15) is 57.1 Å². The summed E-state index contributed by atoms with van der Waals surface area (Å²) in [6.45, 7) is 14.3. The highest BCUT2D eigenvalue weighted by atomic mass is 16.3. The van der Waals surface area contributed by atoms with Crippen LogP contribution in [0.2, 0.25) is 0 Å². The maximum atomic E-state index is 5.86. The van der Waals surface area contributed by atoms with Crippen molar-refractivity contribution in [1.82, 2.24) is 10.2 Å². The second kappa shape index (κ2) is 8.00. The van der Waals surface area contributed by atoms with Crippen LogP contribution in [0.25, 0.3) is 0 Å². The van der Waals surface area contributed by atoms with Crippen molar-refractivity contribution < 1.29 is 4.42 Å². The molecule has 0 aliphatic carbocycles. The highest BCUT2D eigenvalue weighted by molar-refractivity contribution is 5.20. The van der Waals surface area contributed by atoms with E-state index in [0.29, 0.717) is 0 Å². The minimum absolute atomic E-state index is 0.826. The number of furan rings is 1. The number of likely N-dealkylation sites (tertiary alicyclic amines) is 1. The SMILES string of the molecule is CCNCc1cc(CN2CCCC(C(C)C)CC2)c(C)o1. The van der Waals surface area contributed by atoms with Crippen LogP contribution in [0.15, 0.2) is 10.5 Å². The van der Waals surface area contributed by atoms with E-state index in [2.05, 4.69) is 44.0 Å². The van der Waals surface area contributed by atoms with E-state index in [-0.39, 0.29) is 0 Å². The van der Waals surface area contributed by atoms with Crippen LogP contribution in [0, 0.1) is 18.8 Å². The van der Waals surface area contributed by atoms with Gasteiger partial charge in [0, 0.05) is 12.1 Å². The third-order valence-corrected chi connectivity index (χ3v) is 4.82. The van der Waals surface area contributed by atoms with Crippen molar-refractivity contribution in [3.05, 3.63) is 23.2 Å². The smallest absolute Gasteiger partial charge is 0.118 e. The van der Waals surface area contributed by atoms with Gasteiger partial charge in [0.05, 0.1) is 6.54 Å². The Hall–Kier alpha value is -0.800. The molecular formula is C18H32N2O. The molecule has 2 rings (SSSR count). The molecule has 0 radical (unpaired) electrons. The zero-order chi connectivity index (χ0) is 15.2. The second-order valence-electron chi connectivity index (χ2n) is 6.79. The summed E-state index contributed by atoms with van der Waals surface area (Å²) in [5.74, 6) is 3.89. The zero-order valence-electron chi connectivity index (χ0n) is 14.2. The zero-order valence-corrected chi connectivity index (χ0v) is 14.2. The number of rotatable bonds is 6. The molecule has 1 saturated heterocycles. The molecule has 1 N–H and O–H groups in total. The Bertz CT molecular complexity index is 425. The summed E-state index contributed by atoms with van der Waals surface area (Å²) in [6, 6.07) is 2.24. The maximum absolute atomic E-state index is 5.86. The molecule has 1 aliphatic heterocycles. The number of aryl methyl sites for hydroxylation is 1. The molecule has 0 amide bonds. The molecule has 1 unspecified atom stereocenters. The van der Waals surface area contributed by atoms with E-state index in [1.807, 2.05) is 0 Å². The predicted octanol–water partition coefficient (Wildman–Crippen LogP) is 3.96. The van der Waals surface area contributed by atoms with E-state index in [4.69, 9.17) is 4.42 Å². The molecule has 0 spiro atoms. The lowest BCUT2D eigenvalue weighted by Gasteiger charge is -2.21. The molecule has 1 aliphatic rings. The molecule has 3 nitrogen and oxygen atoms in total. The number of hydrogen-bond acceptors (Lipinski definition) is 3. The lowest BCUT2D eigenvalue weighted by molar-refractivity contribution is 0.263. The van der Waals surface area contributed by atoms with Crippen LogP contribution in [-0.4, -0.2) is 24.5 Å². The minimum Gasteiger partial charge on any atom is -0.465 e. The van der Waals surface area contributed by atoms with Gasteiger partial charge in [-0.1, -0.05) is 20.8 Å². The Balaban J connectivity index is 1.90. The molecule has 1 fully saturated rings. The summed E-state index contributed by atoms with van der Waals surface area (Å²) < 4.78 is 5.86. The van der Waals surface area contributed by atoms with Crippen molar-refractivity contribution in [2.45, 2.75) is 60.0 Å². The van der Waals surface area contributed by atoms with E-state index in [1.165, 1.54) is 37.9 Å². The van der Waals surface area contributed by atoms with Crippen molar-refractivity contribution in [3.8, 4) is 0 Å². The van der Waals surface area contributed by atoms with Crippen molar-refractivity contribution in [3.63, 3.8) is 0 Å². The molecule has 0 bridgehead atoms. The third-order valence-electron chi connectivity index (χ3n) is 4.82. The van der Waals surface area contributed by atoms with E-state index in [0.717, 1.165) is 43.0 Å². The number of hydrogen-bond donors (Lipinski definition) is 1. The first-order chi connectivity index (χ1) is 10.1. The van der Waals surface area contributed by atoms with E-state index >= 15 is 0 Å². The van der Waals surface area contributed by atoms with Gasteiger partial charge in [-0.25, -0.2) is 0 Å². The number of nitrogens with one attached hydrogen (secondary N) is 1. The first-order valence-electron chi connectivity index (χ1n) is 8.61. The van der Waals surface area contributed by atoms with Gasteiger partial charge in [-0.3, -0.25) is 4.90 Å². The fourth-order valence-corrected chi connectivity index (χ4v) is 3.33. The fraction of sp³-hybridized carbons (Fsp3) is 0.778. The van der Waals surface area contributed by atoms with Gasteiger partial charge in [0.15, 0.2) is 0 Å². The quantitative estimate of drug-likeness (QED) is 0.860. The maximum Gasteiger partial charge on any atom is 0.118 e. The van der Waals surface area contributed by atoms with Crippen LogP contribution in [0.3, 0.4) is 0 Å². The van der Waals surface area contributed by atoms with Crippen molar-refractivity contribution in [2.24, 2.45) is 11.8 Å². The first kappa shape index (κ1) is 16.6. The van der Waals surface area contributed by atoms with Crippen LogP contribution in [0.4, 0.5) is 0 Å². The lowest BCUT2D eigenvalue weighted by Crippen LogP contribution is -2.24. The summed E-state index contributed by atoms with van der Waals surface area (Å²) in [5, 5.41) is 3.33. The van der Waals surface area contributed by atoms with Crippen LogP contribution < -0.4 is 5.32 Å². The molecule has 120 valence electrons. The largest absolute Gasteiger partial charge is 0.465 e. The Labute approximate surface area is 130 Å². The van der Waals surface area contributed by atoms with Gasteiger partial charge in [-0.15, -0.1) is 0 Å². The Morgan fingerprint density at radius 3 is 2.86 bits per heavy atom. The van der Waals surface area contributed by atoms with E-state index in [1.54, 1.807) is 0 Å². The normalized spacial score (nSPS) is 20.9. The molecule has 0 saturated carbocycles. The third kappa shape index (κ3) is 4.86. The summed E-state index contributed by atoms with van der Waals surface area (Å²) in [7, 11) is 0. The highest BCUT2D eigenvalue weighted by Gasteiger charge is 2.20. The fourth-order valence-electron chi connectivity index (χ4n) is 3.33. The summed E-state index contributed by atoms with van der Waals surface area (Å²) in [5.41, 5.74) is 1.37.